The summed E-state index contributed by atoms with van der Waals surface area (Å²) in [5, 5.41) is 3.09. The van der Waals surface area contributed by atoms with Gasteiger partial charge in [0.15, 0.2) is 16.3 Å². The zero-order valence-electron chi connectivity index (χ0n) is 13.2. The second kappa shape index (κ2) is 5.99. The number of carbonyl (C=O) groups is 1. The van der Waals surface area contributed by atoms with Gasteiger partial charge in [-0.2, -0.15) is 0 Å². The van der Waals surface area contributed by atoms with Gasteiger partial charge in [-0.15, -0.1) is 0 Å². The van der Waals surface area contributed by atoms with Gasteiger partial charge in [0.1, 0.15) is 0 Å². The summed E-state index contributed by atoms with van der Waals surface area (Å²) in [5.74, 6) is 0.0648. The molecule has 2 aromatic heterocycles. The average molecular weight is 325 g/mol. The number of hydrogen-bond acceptors (Lipinski definition) is 5. The van der Waals surface area contributed by atoms with Crippen molar-refractivity contribution in [2.75, 3.05) is 12.8 Å². The number of nitrogens with one attached hydrogen (secondary N) is 1. The number of aryl methyl sites for hydroxylation is 1. The van der Waals surface area contributed by atoms with Crippen LogP contribution >= 0.6 is 11.8 Å². The molecule has 0 spiro atoms. The lowest BCUT2D eigenvalue weighted by molar-refractivity contribution is -0.118. The molecule has 0 unspecified atom stereocenters. The Morgan fingerprint density at radius 3 is 2.45 bits per heavy atom. The molecule has 1 N–H and O–H groups in total. The lowest BCUT2D eigenvalue weighted by Crippen LogP contribution is -2.37. The summed E-state index contributed by atoms with van der Waals surface area (Å²) < 4.78 is 4.18. The molecule has 0 radical (unpaired) electrons. The second-order valence-corrected chi connectivity index (χ2v) is 6.14. The lowest BCUT2D eigenvalue weighted by atomic mass is 10.4. The Hall–Kier alpha value is -2.03. The standard InChI is InChI=1S/C13H19N5O3S/c1-7(2)18-9-10(15-12(18)22-6-8(19)14-3)16(4)13(21)17(5)11(9)20/h7H,6H2,1-5H3,(H,14,19). The van der Waals surface area contributed by atoms with Gasteiger partial charge in [0.25, 0.3) is 5.56 Å². The lowest BCUT2D eigenvalue weighted by Gasteiger charge is -2.12. The van der Waals surface area contributed by atoms with E-state index in [0.717, 1.165) is 4.57 Å². The van der Waals surface area contributed by atoms with Gasteiger partial charge in [0.2, 0.25) is 5.91 Å². The highest BCUT2D eigenvalue weighted by Crippen LogP contribution is 2.25. The Bertz CT molecular complexity index is 846. The van der Waals surface area contributed by atoms with Crippen LogP contribution < -0.4 is 16.6 Å². The van der Waals surface area contributed by atoms with E-state index in [-0.39, 0.29) is 23.3 Å². The summed E-state index contributed by atoms with van der Waals surface area (Å²) in [6, 6.07) is -0.0256. The molecule has 2 aromatic rings. The first kappa shape index (κ1) is 16.3. The smallest absolute Gasteiger partial charge is 0.332 e. The predicted octanol–water partition coefficient (Wildman–Crippen LogP) is -0.147. The highest BCUT2D eigenvalue weighted by atomic mass is 32.2. The summed E-state index contributed by atoms with van der Waals surface area (Å²) in [6.45, 7) is 3.85. The van der Waals surface area contributed by atoms with Gasteiger partial charge in [-0.05, 0) is 13.8 Å². The molecule has 2 rings (SSSR count). The zero-order chi connectivity index (χ0) is 16.6. The van der Waals surface area contributed by atoms with Crippen molar-refractivity contribution >= 4 is 28.8 Å². The molecule has 0 aliphatic heterocycles. The topological polar surface area (TPSA) is 90.9 Å². The third kappa shape index (κ3) is 2.56. The number of thioether (sulfide) groups is 1. The zero-order valence-corrected chi connectivity index (χ0v) is 14.0. The minimum atomic E-state index is -0.422. The monoisotopic (exact) mass is 325 g/mol. The van der Waals surface area contributed by atoms with Crippen molar-refractivity contribution in [3.8, 4) is 0 Å². The Morgan fingerprint density at radius 2 is 1.91 bits per heavy atom. The molecule has 1 amide bonds. The maximum absolute atomic E-state index is 12.4. The first-order chi connectivity index (χ1) is 10.3. The molecule has 120 valence electrons. The molecule has 0 bridgehead atoms. The third-order valence-electron chi connectivity index (χ3n) is 3.39. The van der Waals surface area contributed by atoms with E-state index in [1.54, 1.807) is 18.7 Å². The fourth-order valence-corrected chi connectivity index (χ4v) is 3.17. The number of rotatable bonds is 4. The maximum Gasteiger partial charge on any atom is 0.332 e. The van der Waals surface area contributed by atoms with Crippen LogP contribution in [0.25, 0.3) is 11.2 Å². The third-order valence-corrected chi connectivity index (χ3v) is 4.34. The van der Waals surface area contributed by atoms with E-state index < -0.39 is 5.69 Å². The van der Waals surface area contributed by atoms with E-state index >= 15 is 0 Å². The molecule has 2 heterocycles. The SMILES string of the molecule is CNC(=O)CSc1nc2c(c(=O)n(C)c(=O)n2C)n1C(C)C. The van der Waals surface area contributed by atoms with Crippen molar-refractivity contribution in [2.45, 2.75) is 25.0 Å². The molecule has 0 fully saturated rings. The molecule has 0 aromatic carbocycles. The second-order valence-electron chi connectivity index (χ2n) is 5.20. The minimum Gasteiger partial charge on any atom is -0.358 e. The first-order valence-corrected chi connectivity index (χ1v) is 7.79. The van der Waals surface area contributed by atoms with Crippen LogP contribution in [-0.4, -0.2) is 37.4 Å². The van der Waals surface area contributed by atoms with Gasteiger partial charge < -0.3 is 9.88 Å². The fourth-order valence-electron chi connectivity index (χ4n) is 2.18. The fraction of sp³-hybridized carbons (Fsp3) is 0.538. The minimum absolute atomic E-state index is 0.0256. The molecule has 0 atom stereocenters. The molecule has 9 heteroatoms. The summed E-state index contributed by atoms with van der Waals surface area (Å²) in [4.78, 5) is 40.3. The van der Waals surface area contributed by atoms with Crippen LogP contribution in [0.1, 0.15) is 19.9 Å². The van der Waals surface area contributed by atoms with Crippen LogP contribution in [0.4, 0.5) is 0 Å². The summed E-state index contributed by atoms with van der Waals surface area (Å²) in [7, 11) is 4.59. The Morgan fingerprint density at radius 1 is 1.27 bits per heavy atom. The molecular weight excluding hydrogens is 306 g/mol. The largest absolute Gasteiger partial charge is 0.358 e. The summed E-state index contributed by atoms with van der Waals surface area (Å²) in [5.41, 5.74) is -0.0972. The molecule has 22 heavy (non-hydrogen) atoms. The maximum atomic E-state index is 12.4. The summed E-state index contributed by atoms with van der Waals surface area (Å²) >= 11 is 1.24. The van der Waals surface area contributed by atoms with Gasteiger partial charge in [-0.1, -0.05) is 11.8 Å². The van der Waals surface area contributed by atoms with Crippen LogP contribution in [0.2, 0.25) is 0 Å². The quantitative estimate of drug-likeness (QED) is 0.790. The highest BCUT2D eigenvalue weighted by molar-refractivity contribution is 7.99. The Kier molecular flexibility index (Phi) is 4.45. The van der Waals surface area contributed by atoms with Crippen molar-refractivity contribution in [3.63, 3.8) is 0 Å². The molecule has 0 aliphatic rings. The van der Waals surface area contributed by atoms with E-state index in [0.29, 0.717) is 16.3 Å². The normalized spacial score (nSPS) is 11.4. The van der Waals surface area contributed by atoms with E-state index in [9.17, 15) is 14.4 Å². The van der Waals surface area contributed by atoms with Crippen molar-refractivity contribution in [1.82, 2.24) is 24.0 Å². The number of hydrogen-bond donors (Lipinski definition) is 1. The molecule has 0 aliphatic carbocycles. The molecule has 0 saturated carbocycles. The van der Waals surface area contributed by atoms with E-state index in [4.69, 9.17) is 0 Å². The first-order valence-electron chi connectivity index (χ1n) is 6.80. The van der Waals surface area contributed by atoms with Gasteiger partial charge in [0.05, 0.1) is 5.75 Å². The van der Waals surface area contributed by atoms with Crippen molar-refractivity contribution in [2.24, 2.45) is 14.1 Å². The highest BCUT2D eigenvalue weighted by Gasteiger charge is 2.21. The Labute approximate surface area is 131 Å². The van der Waals surface area contributed by atoms with Gasteiger partial charge >= 0.3 is 5.69 Å². The molecular formula is C13H19N5O3S. The number of carbonyl (C=O) groups excluding carboxylic acids is 1. The number of nitrogens with zero attached hydrogens (tertiary/aromatic N) is 4. The molecule has 0 saturated heterocycles. The van der Waals surface area contributed by atoms with Gasteiger partial charge in [0, 0.05) is 27.2 Å². The number of imidazole rings is 1. The summed E-state index contributed by atoms with van der Waals surface area (Å²) in [6.07, 6.45) is 0. The molecule has 8 nitrogen and oxygen atoms in total. The predicted molar refractivity (Wildman–Crippen MR) is 85.4 cm³/mol. The van der Waals surface area contributed by atoms with Crippen LogP contribution in [0.5, 0.6) is 0 Å². The average Bonchev–Trinajstić information content (AvgIpc) is 2.88. The van der Waals surface area contributed by atoms with Crippen LogP contribution in [0.15, 0.2) is 14.7 Å². The van der Waals surface area contributed by atoms with E-state index in [1.165, 1.54) is 23.4 Å². The van der Waals surface area contributed by atoms with E-state index in [1.807, 2.05) is 13.8 Å². The van der Waals surface area contributed by atoms with Gasteiger partial charge in [-0.3, -0.25) is 18.7 Å². The number of amides is 1. The van der Waals surface area contributed by atoms with Crippen molar-refractivity contribution in [1.29, 1.82) is 0 Å². The van der Waals surface area contributed by atoms with E-state index in [2.05, 4.69) is 10.3 Å². The Balaban J connectivity index is 2.73. The number of aromatic nitrogens is 4. The van der Waals surface area contributed by atoms with Crippen molar-refractivity contribution < 1.29 is 4.79 Å². The van der Waals surface area contributed by atoms with Crippen LogP contribution in [0.3, 0.4) is 0 Å². The van der Waals surface area contributed by atoms with Crippen molar-refractivity contribution in [3.05, 3.63) is 20.8 Å². The number of fused-ring (bicyclic) bond motifs is 1. The van der Waals surface area contributed by atoms with Crippen LogP contribution in [-0.2, 0) is 18.9 Å². The van der Waals surface area contributed by atoms with Crippen LogP contribution in [0, 0.1) is 0 Å². The van der Waals surface area contributed by atoms with Gasteiger partial charge in [-0.25, -0.2) is 9.78 Å².